The zero-order valence-corrected chi connectivity index (χ0v) is 16.0. The van der Waals surface area contributed by atoms with Crippen molar-refractivity contribution < 1.29 is 14.4 Å². The van der Waals surface area contributed by atoms with Gasteiger partial charge in [0.05, 0.1) is 16.9 Å². The van der Waals surface area contributed by atoms with E-state index in [0.29, 0.717) is 12.1 Å². The number of fused-ring (bicyclic) bond motifs is 2. The molecule has 0 spiro atoms. The van der Waals surface area contributed by atoms with E-state index >= 15 is 0 Å². The van der Waals surface area contributed by atoms with Gasteiger partial charge in [0.1, 0.15) is 5.60 Å². The van der Waals surface area contributed by atoms with Crippen LogP contribution in [0, 0.1) is 0 Å². The monoisotopic (exact) mass is 344 g/mol. The summed E-state index contributed by atoms with van der Waals surface area (Å²) in [6, 6.07) is 4.87. The molecular weight excluding hydrogens is 315 g/mol. The lowest BCUT2D eigenvalue weighted by molar-refractivity contribution is -0.0523. The molecule has 0 aliphatic carbocycles. The van der Waals surface area contributed by atoms with E-state index in [1.54, 1.807) is 6.20 Å². The summed E-state index contributed by atoms with van der Waals surface area (Å²) >= 11 is 0. The van der Waals surface area contributed by atoms with Crippen molar-refractivity contribution in [2.75, 3.05) is 7.05 Å². The summed E-state index contributed by atoms with van der Waals surface area (Å²) < 4.78 is 12.2. The molecule has 0 aromatic carbocycles. The molecule has 0 radical (unpaired) electrons. The lowest BCUT2D eigenvalue weighted by Gasteiger charge is -2.41. The number of pyridine rings is 1. The van der Waals surface area contributed by atoms with E-state index < -0.39 is 12.7 Å². The molecule has 3 saturated heterocycles. The number of piperidine rings is 1. The largest absolute Gasteiger partial charge is 0.496 e. The summed E-state index contributed by atoms with van der Waals surface area (Å²) in [5.41, 5.74) is 0.149. The van der Waals surface area contributed by atoms with Gasteiger partial charge in [-0.2, -0.15) is 0 Å². The van der Waals surface area contributed by atoms with Crippen LogP contribution in [0.1, 0.15) is 59.1 Å². The molecule has 3 aliphatic heterocycles. The molecule has 4 rings (SSSR count). The zero-order valence-electron chi connectivity index (χ0n) is 16.0. The molecule has 136 valence electrons. The third kappa shape index (κ3) is 2.74. The number of aliphatic hydroxyl groups is 1. The molecule has 0 amide bonds. The molecule has 2 bridgehead atoms. The number of aromatic nitrogens is 1. The predicted molar refractivity (Wildman–Crippen MR) is 97.7 cm³/mol. The quantitative estimate of drug-likeness (QED) is 0.830. The Kier molecular flexibility index (Phi) is 3.86. The predicted octanol–water partition coefficient (Wildman–Crippen LogP) is 1.82. The lowest BCUT2D eigenvalue weighted by atomic mass is 9.78. The summed E-state index contributed by atoms with van der Waals surface area (Å²) in [7, 11) is 1.77. The highest BCUT2D eigenvalue weighted by molar-refractivity contribution is 6.62. The van der Waals surface area contributed by atoms with Gasteiger partial charge in [-0.15, -0.1) is 0 Å². The van der Waals surface area contributed by atoms with Crippen molar-refractivity contribution in [2.24, 2.45) is 0 Å². The summed E-state index contributed by atoms with van der Waals surface area (Å²) in [6.45, 7) is 8.19. The van der Waals surface area contributed by atoms with Crippen molar-refractivity contribution in [3.05, 3.63) is 24.0 Å². The number of hydrogen-bond donors (Lipinski definition) is 1. The van der Waals surface area contributed by atoms with E-state index in [9.17, 15) is 5.11 Å². The maximum atomic E-state index is 11.2. The number of rotatable bonds is 2. The van der Waals surface area contributed by atoms with Crippen molar-refractivity contribution in [2.45, 2.75) is 82.3 Å². The smallest absolute Gasteiger partial charge is 0.399 e. The summed E-state index contributed by atoms with van der Waals surface area (Å²) in [4.78, 5) is 7.03. The Hall–Kier alpha value is -0.945. The molecule has 5 nitrogen and oxygen atoms in total. The minimum absolute atomic E-state index is 0.359. The van der Waals surface area contributed by atoms with Crippen molar-refractivity contribution in [3.63, 3.8) is 0 Å². The van der Waals surface area contributed by atoms with Crippen molar-refractivity contribution >= 4 is 12.6 Å². The van der Waals surface area contributed by atoms with E-state index in [1.807, 2.05) is 39.8 Å². The van der Waals surface area contributed by atoms with Crippen LogP contribution in [0.15, 0.2) is 18.3 Å². The SMILES string of the molecule is CN1C2CCC1CC(O)(c1ccc(B3OC(C)(C)C(C)(C)O3)cn1)C2. The molecule has 3 aliphatic rings. The minimum Gasteiger partial charge on any atom is -0.399 e. The Morgan fingerprint density at radius 3 is 2.12 bits per heavy atom. The first-order valence-electron chi connectivity index (χ1n) is 9.38. The molecule has 1 aromatic rings. The second-order valence-electron chi connectivity index (χ2n) is 9.06. The highest BCUT2D eigenvalue weighted by Gasteiger charge is 2.52. The van der Waals surface area contributed by atoms with Crippen LogP contribution in [0.4, 0.5) is 0 Å². The van der Waals surface area contributed by atoms with E-state index in [4.69, 9.17) is 9.31 Å². The first-order valence-corrected chi connectivity index (χ1v) is 9.38. The minimum atomic E-state index is -0.813. The third-order valence-corrected chi connectivity index (χ3v) is 6.92. The number of hydrogen-bond acceptors (Lipinski definition) is 5. The first-order chi connectivity index (χ1) is 11.6. The van der Waals surface area contributed by atoms with E-state index in [-0.39, 0.29) is 11.2 Å². The van der Waals surface area contributed by atoms with Crippen LogP contribution in [-0.2, 0) is 14.9 Å². The molecule has 1 N–H and O–H groups in total. The number of nitrogens with zero attached hydrogens (tertiary/aromatic N) is 2. The van der Waals surface area contributed by atoms with Crippen molar-refractivity contribution in [3.8, 4) is 0 Å². The average Bonchev–Trinajstić information content (AvgIpc) is 2.88. The van der Waals surface area contributed by atoms with Crippen LogP contribution in [0.2, 0.25) is 0 Å². The summed E-state index contributed by atoms with van der Waals surface area (Å²) in [6.07, 6.45) is 5.69. The molecular formula is C19H29BN2O3. The Bertz CT molecular complexity index is 631. The Morgan fingerprint density at radius 2 is 1.64 bits per heavy atom. The normalized spacial score (nSPS) is 36.8. The van der Waals surface area contributed by atoms with Gasteiger partial charge < -0.3 is 19.3 Å². The lowest BCUT2D eigenvalue weighted by Crippen LogP contribution is -2.48. The van der Waals surface area contributed by atoms with E-state index in [2.05, 4.69) is 16.9 Å². The Balaban J connectivity index is 1.53. The highest BCUT2D eigenvalue weighted by atomic mass is 16.7. The summed E-state index contributed by atoms with van der Waals surface area (Å²) in [5.74, 6) is 0. The standard InChI is InChI=1S/C19H29BN2O3/c1-17(2)18(3,4)25-20(24-17)13-6-9-16(21-12-13)19(23)10-14-7-8-15(11-19)22(14)5/h6,9,12,14-15,23H,7-8,10-11H2,1-5H3. The Labute approximate surface area is 150 Å². The second kappa shape index (κ2) is 5.52. The Morgan fingerprint density at radius 1 is 1.08 bits per heavy atom. The van der Waals surface area contributed by atoms with Gasteiger partial charge in [0, 0.05) is 23.7 Å². The molecule has 2 atom stereocenters. The molecule has 0 saturated carbocycles. The van der Waals surface area contributed by atoms with Crippen LogP contribution in [0.5, 0.6) is 0 Å². The molecule has 1 aromatic heterocycles. The maximum absolute atomic E-state index is 11.2. The van der Waals surface area contributed by atoms with E-state index in [1.165, 1.54) is 12.8 Å². The fraction of sp³-hybridized carbons (Fsp3) is 0.737. The highest BCUT2D eigenvalue weighted by Crippen LogP contribution is 2.44. The van der Waals surface area contributed by atoms with Crippen molar-refractivity contribution in [1.82, 2.24) is 9.88 Å². The van der Waals surface area contributed by atoms with Crippen LogP contribution in [0.25, 0.3) is 0 Å². The van der Waals surface area contributed by atoms with Crippen LogP contribution in [0.3, 0.4) is 0 Å². The fourth-order valence-electron chi connectivity index (χ4n) is 4.45. The average molecular weight is 344 g/mol. The van der Waals surface area contributed by atoms with Crippen LogP contribution in [-0.4, -0.2) is 52.4 Å². The van der Waals surface area contributed by atoms with Gasteiger partial charge in [-0.3, -0.25) is 4.98 Å². The van der Waals surface area contributed by atoms with Crippen LogP contribution < -0.4 is 5.46 Å². The first kappa shape index (κ1) is 17.5. The fourth-order valence-corrected chi connectivity index (χ4v) is 4.45. The van der Waals surface area contributed by atoms with Crippen LogP contribution >= 0.6 is 0 Å². The van der Waals surface area contributed by atoms with E-state index in [0.717, 1.165) is 24.0 Å². The second-order valence-corrected chi connectivity index (χ2v) is 9.06. The van der Waals surface area contributed by atoms with Gasteiger partial charge in [0.15, 0.2) is 0 Å². The van der Waals surface area contributed by atoms with Gasteiger partial charge in [-0.25, -0.2) is 0 Å². The van der Waals surface area contributed by atoms with Crippen molar-refractivity contribution in [1.29, 1.82) is 0 Å². The molecule has 25 heavy (non-hydrogen) atoms. The van der Waals surface area contributed by atoms with Gasteiger partial charge in [0.25, 0.3) is 0 Å². The zero-order chi connectivity index (χ0) is 18.0. The molecule has 4 heterocycles. The summed E-state index contributed by atoms with van der Waals surface area (Å²) in [5, 5.41) is 11.2. The van der Waals surface area contributed by atoms with Gasteiger partial charge in [-0.05, 0) is 66.5 Å². The van der Waals surface area contributed by atoms with Gasteiger partial charge >= 0.3 is 7.12 Å². The van der Waals surface area contributed by atoms with Gasteiger partial charge in [-0.1, -0.05) is 6.07 Å². The molecule has 3 fully saturated rings. The van der Waals surface area contributed by atoms with Gasteiger partial charge in [0.2, 0.25) is 0 Å². The third-order valence-electron chi connectivity index (χ3n) is 6.92. The molecule has 2 unspecified atom stereocenters. The maximum Gasteiger partial charge on any atom is 0.496 e. The topological polar surface area (TPSA) is 54.8 Å². The molecule has 6 heteroatoms.